The average Bonchev–Trinajstić information content (AvgIpc) is 2.98. The number of unbranched alkanes of at least 4 members (excludes halogenated alkanes) is 24. The van der Waals surface area contributed by atoms with Crippen molar-refractivity contribution in [3.8, 4) is 0 Å². The Morgan fingerprint density at radius 2 is 0.415 bits per heavy atom. The molecule has 41 heavy (non-hydrogen) atoms. The molecule has 0 unspecified atom stereocenters. The zero-order valence-corrected chi connectivity index (χ0v) is 31.2. The van der Waals surface area contributed by atoms with E-state index in [4.69, 9.17) is 11.3 Å². The third-order valence-electron chi connectivity index (χ3n) is 8.11. The molecule has 0 aromatic carbocycles. The van der Waals surface area contributed by atoms with Crippen LogP contribution in [0.25, 0.3) is 0 Å². The Morgan fingerprint density at radius 1 is 0.244 bits per heavy atom. The molecule has 5 heteroatoms. The van der Waals surface area contributed by atoms with Crippen LogP contribution in [0, 0.1) is 0 Å². The Kier molecular flexibility index (Phi) is 35.8. The van der Waals surface area contributed by atoms with Crippen LogP contribution < -0.4 is 0 Å². The van der Waals surface area contributed by atoms with Gasteiger partial charge in [0.1, 0.15) is 0 Å². The van der Waals surface area contributed by atoms with Gasteiger partial charge in [-0.3, -0.25) is 0 Å². The van der Waals surface area contributed by atoms with Crippen LogP contribution in [0.3, 0.4) is 0 Å². The maximum absolute atomic E-state index is 6.58. The summed E-state index contributed by atoms with van der Waals surface area (Å²) in [5, 5.41) is 0. The first-order valence-electron chi connectivity index (χ1n) is 18.8. The molecule has 0 fully saturated rings. The van der Waals surface area contributed by atoms with E-state index in [1.165, 1.54) is 154 Å². The van der Waals surface area contributed by atoms with Crippen LogP contribution in [0.5, 0.6) is 0 Å². The molecule has 0 spiro atoms. The predicted octanol–water partition coefficient (Wildman–Crippen LogP) is 12.9. The minimum absolute atomic E-state index is 0.731. The van der Waals surface area contributed by atoms with E-state index in [-0.39, 0.29) is 0 Å². The van der Waals surface area contributed by atoms with Crippen molar-refractivity contribution in [1.82, 2.24) is 0 Å². The van der Waals surface area contributed by atoms with Crippen LogP contribution in [0.4, 0.5) is 0 Å². The van der Waals surface area contributed by atoms with Gasteiger partial charge in [0, 0.05) is 0 Å². The van der Waals surface area contributed by atoms with Crippen molar-refractivity contribution < 1.29 is 33.3 Å². The van der Waals surface area contributed by atoms with E-state index in [0.717, 1.165) is 52.1 Å². The molecule has 0 amide bonds. The predicted molar refractivity (Wildman–Crippen MR) is 176 cm³/mol. The summed E-state index contributed by atoms with van der Waals surface area (Å²) in [5.74, 6) is 0. The van der Waals surface area contributed by atoms with Gasteiger partial charge in [-0.15, -0.1) is 0 Å². The first-order chi connectivity index (χ1) is 20.2. The zero-order valence-electron chi connectivity index (χ0n) is 28.8. The molecule has 0 saturated heterocycles. The zero-order chi connectivity index (χ0) is 30.0. The Balaban J connectivity index is 4.82. The van der Waals surface area contributed by atoms with Gasteiger partial charge in [-0.2, -0.15) is 0 Å². The van der Waals surface area contributed by atoms with Gasteiger partial charge in [0.15, 0.2) is 0 Å². The monoisotopic (exact) mass is 662 g/mol. The van der Waals surface area contributed by atoms with Crippen molar-refractivity contribution >= 4 is 0 Å². The van der Waals surface area contributed by atoms with Crippen LogP contribution in [0.1, 0.15) is 207 Å². The Labute approximate surface area is 266 Å². The van der Waals surface area contributed by atoms with Gasteiger partial charge in [0.25, 0.3) is 0 Å². The van der Waals surface area contributed by atoms with Gasteiger partial charge in [0.2, 0.25) is 0 Å². The summed E-state index contributed by atoms with van der Waals surface area (Å²) < 4.78 is 26.3. The van der Waals surface area contributed by atoms with Crippen LogP contribution in [-0.4, -0.2) is 26.4 Å². The first-order valence-corrected chi connectivity index (χ1v) is 22.8. The molecule has 0 heterocycles. The molecule has 248 valence electrons. The summed E-state index contributed by atoms with van der Waals surface area (Å²) in [6, 6.07) is 0. The summed E-state index contributed by atoms with van der Waals surface area (Å²) in [7, 11) is 0. The third-order valence-corrected chi connectivity index (χ3v) is 13.6. The molecule has 0 saturated carbocycles. The molecule has 0 bridgehead atoms. The molecule has 0 radical (unpaired) electrons. The molecule has 0 aromatic rings. The Morgan fingerprint density at radius 3 is 0.610 bits per heavy atom. The van der Waals surface area contributed by atoms with Crippen molar-refractivity contribution in [3.05, 3.63) is 0 Å². The summed E-state index contributed by atoms with van der Waals surface area (Å²) in [4.78, 5) is 0. The molecule has 0 aliphatic rings. The summed E-state index contributed by atoms with van der Waals surface area (Å²) in [6.45, 7) is 12.1. The van der Waals surface area contributed by atoms with E-state index in [1.54, 1.807) is 0 Å². The van der Waals surface area contributed by atoms with Crippen LogP contribution in [0.2, 0.25) is 0 Å². The number of rotatable bonds is 36. The van der Waals surface area contributed by atoms with E-state index >= 15 is 0 Å². The summed E-state index contributed by atoms with van der Waals surface area (Å²) >= 11 is -4.04. The van der Waals surface area contributed by atoms with Crippen molar-refractivity contribution in [2.45, 2.75) is 207 Å². The van der Waals surface area contributed by atoms with Crippen molar-refractivity contribution in [2.24, 2.45) is 0 Å². The first kappa shape index (κ1) is 41.7. The summed E-state index contributed by atoms with van der Waals surface area (Å²) in [5.41, 5.74) is 0. The molecular weight excluding hydrogens is 588 g/mol. The molecule has 0 aromatic heterocycles. The molecular formula is C36H76O4Zr. The van der Waals surface area contributed by atoms with Crippen molar-refractivity contribution in [3.63, 3.8) is 0 Å². The normalized spacial score (nSPS) is 12.0. The molecule has 0 aliphatic carbocycles. The second kappa shape index (κ2) is 35.2. The standard InChI is InChI=1S/4C9H19O.Zr/c4*1-2-3-4-5-6-7-8-9-10;/h4*2-9H2,1H3;/q4*-1;+4. The quantitative estimate of drug-likeness (QED) is 0.0625. The molecule has 0 atom stereocenters. The van der Waals surface area contributed by atoms with E-state index in [1.807, 2.05) is 0 Å². The van der Waals surface area contributed by atoms with Gasteiger partial charge < -0.3 is 0 Å². The number of hydrogen-bond acceptors (Lipinski definition) is 4. The van der Waals surface area contributed by atoms with E-state index in [0.29, 0.717) is 0 Å². The molecule has 0 rings (SSSR count). The Bertz CT molecular complexity index is 391. The van der Waals surface area contributed by atoms with Crippen molar-refractivity contribution in [1.29, 1.82) is 0 Å². The second-order valence-corrected chi connectivity index (χ2v) is 17.7. The fraction of sp³-hybridized carbons (Fsp3) is 1.00. The third kappa shape index (κ3) is 30.5. The van der Waals surface area contributed by atoms with Crippen LogP contribution >= 0.6 is 0 Å². The van der Waals surface area contributed by atoms with Gasteiger partial charge in [-0.1, -0.05) is 0 Å². The molecule has 0 N–H and O–H groups in total. The molecule has 0 aliphatic heterocycles. The van der Waals surface area contributed by atoms with Crippen LogP contribution in [-0.2, 0) is 33.3 Å². The van der Waals surface area contributed by atoms with Crippen molar-refractivity contribution in [2.75, 3.05) is 26.4 Å². The van der Waals surface area contributed by atoms with Crippen LogP contribution in [0.15, 0.2) is 0 Å². The molecule has 4 nitrogen and oxygen atoms in total. The topological polar surface area (TPSA) is 36.9 Å². The second-order valence-electron chi connectivity index (χ2n) is 12.4. The summed E-state index contributed by atoms with van der Waals surface area (Å²) in [6.07, 6.45) is 36.1. The fourth-order valence-electron chi connectivity index (χ4n) is 5.28. The van der Waals surface area contributed by atoms with E-state index in [2.05, 4.69) is 27.7 Å². The van der Waals surface area contributed by atoms with E-state index < -0.39 is 22.0 Å². The minimum atomic E-state index is -4.04. The maximum atomic E-state index is 6.58. The van der Waals surface area contributed by atoms with Gasteiger partial charge in [-0.25, -0.2) is 0 Å². The van der Waals surface area contributed by atoms with Gasteiger partial charge >= 0.3 is 267 Å². The Hall–Kier alpha value is 0.723. The van der Waals surface area contributed by atoms with Gasteiger partial charge in [0.05, 0.1) is 0 Å². The fourth-order valence-corrected chi connectivity index (χ4v) is 10.4. The number of hydrogen-bond donors (Lipinski definition) is 0. The average molecular weight is 664 g/mol. The SMILES string of the molecule is CCCCCCCCC[O][Zr]([O]CCCCCCCCC)([O]CCCCCCCCC)[O]CCCCCCCCC. The van der Waals surface area contributed by atoms with E-state index in [9.17, 15) is 0 Å². The van der Waals surface area contributed by atoms with Gasteiger partial charge in [-0.05, 0) is 0 Å².